The minimum Gasteiger partial charge on any atom is -0.490 e. The van der Waals surface area contributed by atoms with Crippen molar-refractivity contribution in [2.45, 2.75) is 44.8 Å². The number of aromatic nitrogens is 3. The van der Waals surface area contributed by atoms with Crippen LogP contribution in [0.1, 0.15) is 47.8 Å². The summed E-state index contributed by atoms with van der Waals surface area (Å²) < 4.78 is 7.91. The fourth-order valence-electron chi connectivity index (χ4n) is 3.77. The average Bonchev–Trinajstić information content (AvgIpc) is 3.21. The second-order valence-electron chi connectivity index (χ2n) is 7.49. The van der Waals surface area contributed by atoms with Gasteiger partial charge in [0, 0.05) is 25.9 Å². The van der Waals surface area contributed by atoms with E-state index in [0.29, 0.717) is 24.8 Å². The van der Waals surface area contributed by atoms with Crippen molar-refractivity contribution < 1.29 is 9.53 Å². The highest BCUT2D eigenvalue weighted by atomic mass is 35.5. The Labute approximate surface area is 171 Å². The fraction of sp³-hybridized carbons (Fsp3) is 0.550. The highest BCUT2D eigenvalue weighted by Gasteiger charge is 2.27. The number of carbonyl (C=O) groups excluding carboxylic acids is 1. The normalized spacial score (nSPS) is 18.5. The molecule has 152 valence electrons. The van der Waals surface area contributed by atoms with E-state index in [9.17, 15) is 4.79 Å². The Kier molecular flexibility index (Phi) is 6.91. The number of hydrogen-bond acceptors (Lipinski definition) is 5. The summed E-state index contributed by atoms with van der Waals surface area (Å²) in [6.07, 6.45) is 5.69. The molecule has 28 heavy (non-hydrogen) atoms. The maximum Gasteiger partial charge on any atom is 0.276 e. The lowest BCUT2D eigenvalue weighted by Gasteiger charge is -2.31. The molecule has 0 unspecified atom stereocenters. The van der Waals surface area contributed by atoms with E-state index in [2.05, 4.69) is 34.7 Å². The molecular formula is C20H28ClN5O2. The van der Waals surface area contributed by atoms with Crippen LogP contribution in [0.25, 0.3) is 0 Å². The largest absolute Gasteiger partial charge is 0.490 e. The van der Waals surface area contributed by atoms with Crippen LogP contribution < -0.4 is 10.1 Å². The highest BCUT2D eigenvalue weighted by Crippen LogP contribution is 2.21. The van der Waals surface area contributed by atoms with E-state index in [0.717, 1.165) is 44.5 Å². The number of nitrogens with zero attached hydrogens (tertiary/aromatic N) is 4. The number of nitrogens with one attached hydrogen (secondary N) is 1. The number of amides is 1. The highest BCUT2D eigenvalue weighted by molar-refractivity contribution is 5.92. The van der Waals surface area contributed by atoms with Gasteiger partial charge in [0.25, 0.3) is 5.91 Å². The van der Waals surface area contributed by atoms with Gasteiger partial charge in [0.2, 0.25) is 0 Å². The Hall–Kier alpha value is -2.12. The summed E-state index contributed by atoms with van der Waals surface area (Å²) >= 11 is 0. The minimum atomic E-state index is -0.0241. The summed E-state index contributed by atoms with van der Waals surface area (Å²) in [5.74, 6) is 0.874. The number of halogens is 1. The third-order valence-electron chi connectivity index (χ3n) is 5.47. The molecule has 0 bridgehead atoms. The molecule has 0 aliphatic carbocycles. The van der Waals surface area contributed by atoms with Crippen molar-refractivity contribution >= 4 is 18.3 Å². The molecule has 0 saturated carbocycles. The molecule has 2 aromatic rings. The number of hydrogen-bond donors (Lipinski definition) is 1. The first-order chi connectivity index (χ1) is 13.2. The molecule has 2 fully saturated rings. The Morgan fingerprint density at radius 3 is 2.46 bits per heavy atom. The van der Waals surface area contributed by atoms with Crippen LogP contribution >= 0.6 is 12.4 Å². The molecule has 3 heterocycles. The molecular weight excluding hydrogens is 378 g/mol. The van der Waals surface area contributed by atoms with Crippen molar-refractivity contribution in [1.82, 2.24) is 25.2 Å². The first kappa shape index (κ1) is 20.6. The van der Waals surface area contributed by atoms with E-state index >= 15 is 0 Å². The van der Waals surface area contributed by atoms with Crippen LogP contribution in [-0.4, -0.2) is 58.1 Å². The topological polar surface area (TPSA) is 72.3 Å². The van der Waals surface area contributed by atoms with Gasteiger partial charge in [-0.1, -0.05) is 22.9 Å². The van der Waals surface area contributed by atoms with E-state index in [1.165, 1.54) is 5.56 Å². The van der Waals surface area contributed by atoms with Crippen molar-refractivity contribution in [3.05, 3.63) is 41.7 Å². The summed E-state index contributed by atoms with van der Waals surface area (Å²) in [4.78, 5) is 14.6. The smallest absolute Gasteiger partial charge is 0.276 e. The lowest BCUT2D eigenvalue weighted by atomic mass is 10.1. The zero-order chi connectivity index (χ0) is 18.6. The summed E-state index contributed by atoms with van der Waals surface area (Å²) in [6.45, 7) is 5.42. The molecule has 1 N–H and O–H groups in total. The van der Waals surface area contributed by atoms with Gasteiger partial charge in [0.1, 0.15) is 11.9 Å². The third kappa shape index (κ3) is 4.83. The molecule has 4 rings (SSSR count). The first-order valence-electron chi connectivity index (χ1n) is 9.84. The lowest BCUT2D eigenvalue weighted by molar-refractivity contribution is 0.0590. The van der Waals surface area contributed by atoms with E-state index in [1.54, 1.807) is 0 Å². The zero-order valence-corrected chi connectivity index (χ0v) is 17.0. The van der Waals surface area contributed by atoms with Gasteiger partial charge < -0.3 is 15.0 Å². The second-order valence-corrected chi connectivity index (χ2v) is 7.49. The van der Waals surface area contributed by atoms with Crippen molar-refractivity contribution in [3.8, 4) is 5.75 Å². The number of aryl methyl sites for hydroxylation is 1. The monoisotopic (exact) mass is 405 g/mol. The van der Waals surface area contributed by atoms with Crippen LogP contribution in [0, 0.1) is 6.92 Å². The lowest BCUT2D eigenvalue weighted by Crippen LogP contribution is -2.42. The van der Waals surface area contributed by atoms with Gasteiger partial charge in [-0.15, -0.1) is 17.5 Å². The standard InChI is InChI=1S/C20H27N5O2.ClH/c1-15-2-4-17(5-3-15)27-18-8-12-24(13-9-18)20(26)19-14-25(23-22-19)16-6-10-21-11-7-16;/h2-5,14,16,18,21H,6-13H2,1H3;1H. The number of piperidine rings is 2. The number of carbonyl (C=O) groups is 1. The van der Waals surface area contributed by atoms with Crippen molar-refractivity contribution in [2.75, 3.05) is 26.2 Å². The molecule has 7 nitrogen and oxygen atoms in total. The molecule has 2 aliphatic rings. The Balaban J connectivity index is 0.00000225. The van der Waals surface area contributed by atoms with E-state index < -0.39 is 0 Å². The Morgan fingerprint density at radius 2 is 1.79 bits per heavy atom. The minimum absolute atomic E-state index is 0. The fourth-order valence-corrected chi connectivity index (χ4v) is 3.77. The van der Waals surface area contributed by atoms with Crippen LogP contribution in [0.2, 0.25) is 0 Å². The number of ether oxygens (including phenoxy) is 1. The maximum absolute atomic E-state index is 12.8. The van der Waals surface area contributed by atoms with Crippen molar-refractivity contribution in [1.29, 1.82) is 0 Å². The van der Waals surface area contributed by atoms with Gasteiger partial charge in [-0.3, -0.25) is 4.79 Å². The molecule has 0 spiro atoms. The average molecular weight is 406 g/mol. The summed E-state index contributed by atoms with van der Waals surface area (Å²) in [7, 11) is 0. The molecule has 1 aromatic carbocycles. The Morgan fingerprint density at radius 1 is 1.11 bits per heavy atom. The SMILES string of the molecule is Cc1ccc(OC2CCN(C(=O)c3cn(C4CCNCC4)nn3)CC2)cc1.Cl. The van der Waals surface area contributed by atoms with Crippen LogP contribution in [0.5, 0.6) is 5.75 Å². The molecule has 8 heteroatoms. The van der Waals surface area contributed by atoms with Gasteiger partial charge in [-0.2, -0.15) is 0 Å². The maximum atomic E-state index is 12.8. The van der Waals surface area contributed by atoms with Gasteiger partial charge in [-0.25, -0.2) is 4.68 Å². The van der Waals surface area contributed by atoms with E-state index in [-0.39, 0.29) is 24.4 Å². The number of likely N-dealkylation sites (tertiary alicyclic amines) is 1. The molecule has 0 atom stereocenters. The molecule has 2 saturated heterocycles. The van der Waals surface area contributed by atoms with Crippen molar-refractivity contribution in [2.24, 2.45) is 0 Å². The zero-order valence-electron chi connectivity index (χ0n) is 16.2. The molecule has 1 amide bonds. The molecule has 0 radical (unpaired) electrons. The second kappa shape index (κ2) is 9.39. The van der Waals surface area contributed by atoms with Crippen molar-refractivity contribution in [3.63, 3.8) is 0 Å². The molecule has 2 aliphatic heterocycles. The summed E-state index contributed by atoms with van der Waals surface area (Å²) in [5.41, 5.74) is 1.67. The molecule has 1 aromatic heterocycles. The number of rotatable bonds is 4. The summed E-state index contributed by atoms with van der Waals surface area (Å²) in [5, 5.41) is 11.7. The van der Waals surface area contributed by atoms with Gasteiger partial charge in [-0.05, 0) is 45.0 Å². The first-order valence-corrected chi connectivity index (χ1v) is 9.84. The summed E-state index contributed by atoms with van der Waals surface area (Å²) in [6, 6.07) is 8.46. The quantitative estimate of drug-likeness (QED) is 0.846. The van der Waals surface area contributed by atoms with E-state index in [1.807, 2.05) is 27.9 Å². The van der Waals surface area contributed by atoms with Gasteiger partial charge >= 0.3 is 0 Å². The predicted molar refractivity (Wildman–Crippen MR) is 109 cm³/mol. The van der Waals surface area contributed by atoms with Gasteiger partial charge in [0.15, 0.2) is 5.69 Å². The van der Waals surface area contributed by atoms with Crippen LogP contribution in [0.15, 0.2) is 30.5 Å². The van der Waals surface area contributed by atoms with Crippen LogP contribution in [-0.2, 0) is 0 Å². The predicted octanol–water partition coefficient (Wildman–Crippen LogP) is 2.62. The number of benzene rings is 1. The van der Waals surface area contributed by atoms with Crippen LogP contribution in [0.3, 0.4) is 0 Å². The van der Waals surface area contributed by atoms with Gasteiger partial charge in [0.05, 0.1) is 12.2 Å². The third-order valence-corrected chi connectivity index (χ3v) is 5.47. The van der Waals surface area contributed by atoms with E-state index in [4.69, 9.17) is 4.74 Å². The van der Waals surface area contributed by atoms with Crippen LogP contribution in [0.4, 0.5) is 0 Å². The Bertz CT molecular complexity index is 765.